The predicted octanol–water partition coefficient (Wildman–Crippen LogP) is 15.4. The molecule has 4 fully saturated rings. The summed E-state index contributed by atoms with van der Waals surface area (Å²) < 4.78 is 13.1. The van der Waals surface area contributed by atoms with E-state index in [1.54, 1.807) is 12.1 Å². The highest BCUT2D eigenvalue weighted by Gasteiger charge is 2.49. The van der Waals surface area contributed by atoms with Crippen LogP contribution in [0.5, 0.6) is 0 Å². The molecule has 4 saturated heterocycles. The number of halogens is 1. The summed E-state index contributed by atoms with van der Waals surface area (Å²) >= 11 is 0. The van der Waals surface area contributed by atoms with Gasteiger partial charge in [-0.2, -0.15) is 20.3 Å². The third kappa shape index (κ3) is 22.6. The maximum absolute atomic E-state index is 13.1. The fourth-order valence-corrected chi connectivity index (χ4v) is 13.9. The number of benzene rings is 3. The Labute approximate surface area is 511 Å². The lowest BCUT2D eigenvalue weighted by Gasteiger charge is -2.38. The molecule has 0 spiro atoms. The van der Waals surface area contributed by atoms with E-state index in [0.717, 1.165) is 128 Å². The van der Waals surface area contributed by atoms with E-state index >= 15 is 0 Å². The number of nitrogens with zero attached hydrogens (tertiary/aromatic N) is 4. The smallest absolute Gasteiger partial charge is 0.123 e. The van der Waals surface area contributed by atoms with E-state index in [1.165, 1.54) is 28.8 Å². The molecular formula is C71H121FN4O8. The van der Waals surface area contributed by atoms with Crippen LogP contribution < -0.4 is 0 Å². The first-order valence-corrected chi connectivity index (χ1v) is 33.1. The summed E-state index contributed by atoms with van der Waals surface area (Å²) in [6.07, 6.45) is 17.7. The largest absolute Gasteiger partial charge is 0.396 e. The zero-order chi connectivity index (χ0) is 62.1. The molecule has 0 unspecified atom stereocenters. The third-order valence-electron chi connectivity index (χ3n) is 17.7. The summed E-state index contributed by atoms with van der Waals surface area (Å²) in [6.45, 7) is 37.3. The summed E-state index contributed by atoms with van der Waals surface area (Å²) in [6, 6.07) is 25.7. The Kier molecular flexibility index (Phi) is 32.0. The second-order valence-corrected chi connectivity index (χ2v) is 27.5. The summed E-state index contributed by atoms with van der Waals surface area (Å²) in [5.74, 6) is 2.81. The minimum Gasteiger partial charge on any atom is -0.396 e. The van der Waals surface area contributed by atoms with Crippen molar-refractivity contribution in [1.29, 1.82) is 0 Å². The Bertz CT molecular complexity index is 2120. The van der Waals surface area contributed by atoms with Crippen molar-refractivity contribution >= 4 is 0 Å². The lowest BCUT2D eigenvalue weighted by Crippen LogP contribution is -2.45. The fourth-order valence-electron chi connectivity index (χ4n) is 13.9. The van der Waals surface area contributed by atoms with Crippen molar-refractivity contribution in [2.75, 3.05) is 33.0 Å². The molecule has 0 aliphatic carbocycles. The first-order valence-electron chi connectivity index (χ1n) is 33.1. The van der Waals surface area contributed by atoms with Gasteiger partial charge in [0, 0.05) is 52.6 Å². The molecule has 7 rings (SSSR count). The van der Waals surface area contributed by atoms with Gasteiger partial charge in [-0.05, 0) is 174 Å². The molecule has 0 radical (unpaired) electrons. The lowest BCUT2D eigenvalue weighted by molar-refractivity contribution is -0.201. The Hall–Kier alpha value is -2.89. The van der Waals surface area contributed by atoms with Crippen molar-refractivity contribution in [3.63, 3.8) is 0 Å². The zero-order valence-electron chi connectivity index (χ0n) is 55.5. The third-order valence-corrected chi connectivity index (χ3v) is 17.7. The van der Waals surface area contributed by atoms with E-state index in [-0.39, 0.29) is 72.7 Å². The lowest BCUT2D eigenvalue weighted by atomic mass is 9.81. The van der Waals surface area contributed by atoms with Crippen LogP contribution in [0, 0.1) is 42.3 Å². The Balaban J connectivity index is 0.000000241. The second-order valence-electron chi connectivity index (χ2n) is 27.5. The molecule has 0 amide bonds. The van der Waals surface area contributed by atoms with Gasteiger partial charge in [0.1, 0.15) is 5.82 Å². The molecule has 12 nitrogen and oxygen atoms in total. The monoisotopic (exact) mass is 1180 g/mol. The molecule has 480 valence electrons. The number of aliphatic hydroxyl groups is 4. The van der Waals surface area contributed by atoms with Crippen molar-refractivity contribution in [3.8, 4) is 0 Å². The SMILES string of the molecule is CC[C@H]1C[C@@](CCO)(CC(C)C)N(CCC(C)C)O1.CC[C@H]1C[C@@](CCO)(CC(C)C)N(Cc2ccc(C)cc2)O1.CC[C@H]1C[C@@](CCO)(CC(C)C)N(Cc2ccc(F)cc2)O1.CC[C@H]1C[C@@](CCO)(CC(C)C)N(Cc2ccccc2)O1. The first kappa shape index (κ1) is 73.6. The Morgan fingerprint density at radius 2 is 0.702 bits per heavy atom. The molecule has 3 aromatic carbocycles. The van der Waals surface area contributed by atoms with E-state index in [2.05, 4.69) is 168 Å². The van der Waals surface area contributed by atoms with Crippen LogP contribution in [0.3, 0.4) is 0 Å². The topological polar surface area (TPSA) is 131 Å². The van der Waals surface area contributed by atoms with Gasteiger partial charge in [0.2, 0.25) is 0 Å². The van der Waals surface area contributed by atoms with Gasteiger partial charge >= 0.3 is 0 Å². The Morgan fingerprint density at radius 3 is 0.988 bits per heavy atom. The van der Waals surface area contributed by atoms with Gasteiger partial charge in [-0.1, -0.05) is 169 Å². The van der Waals surface area contributed by atoms with Gasteiger partial charge in [-0.25, -0.2) is 4.39 Å². The molecule has 13 heteroatoms. The fraction of sp³-hybridized carbons (Fsp3) is 0.746. The molecule has 84 heavy (non-hydrogen) atoms. The molecule has 3 aromatic rings. The van der Waals surface area contributed by atoms with E-state index < -0.39 is 0 Å². The number of aliphatic hydroxyl groups excluding tert-OH is 4. The van der Waals surface area contributed by atoms with E-state index in [1.807, 2.05) is 11.1 Å². The maximum atomic E-state index is 13.1. The molecule has 4 heterocycles. The molecule has 4 aliphatic rings. The van der Waals surface area contributed by atoms with Crippen molar-refractivity contribution in [1.82, 2.24) is 20.3 Å². The number of hydroxylamine groups is 8. The summed E-state index contributed by atoms with van der Waals surface area (Å²) in [4.78, 5) is 24.7. The molecule has 4 N–H and O–H groups in total. The van der Waals surface area contributed by atoms with Crippen molar-refractivity contribution in [3.05, 3.63) is 107 Å². The highest BCUT2D eigenvalue weighted by molar-refractivity contribution is 5.22. The van der Waals surface area contributed by atoms with Crippen LogP contribution in [0.25, 0.3) is 0 Å². The minimum atomic E-state index is -0.221. The first-order chi connectivity index (χ1) is 40.0. The van der Waals surface area contributed by atoms with Gasteiger partial charge in [0.05, 0.1) is 46.6 Å². The van der Waals surface area contributed by atoms with Gasteiger partial charge in [0.15, 0.2) is 0 Å². The van der Waals surface area contributed by atoms with E-state index in [9.17, 15) is 24.8 Å². The second kappa shape index (κ2) is 36.6. The van der Waals surface area contributed by atoms with E-state index in [0.29, 0.717) is 48.7 Å². The van der Waals surface area contributed by atoms with E-state index in [4.69, 9.17) is 19.4 Å². The van der Waals surface area contributed by atoms with Crippen LogP contribution in [0.2, 0.25) is 0 Å². The molecule has 0 aromatic heterocycles. The predicted molar refractivity (Wildman–Crippen MR) is 341 cm³/mol. The number of hydrogen-bond donors (Lipinski definition) is 4. The van der Waals surface area contributed by atoms with Crippen LogP contribution in [0.15, 0.2) is 78.9 Å². The highest BCUT2D eigenvalue weighted by Crippen LogP contribution is 2.45. The van der Waals surface area contributed by atoms with Crippen LogP contribution in [-0.2, 0) is 39.0 Å². The van der Waals surface area contributed by atoms with Crippen molar-refractivity contribution in [2.45, 2.75) is 279 Å². The van der Waals surface area contributed by atoms with Gasteiger partial charge in [0.25, 0.3) is 0 Å². The zero-order valence-corrected chi connectivity index (χ0v) is 55.5. The number of aryl methyl sites for hydroxylation is 1. The van der Waals surface area contributed by atoms with Gasteiger partial charge in [-0.3, -0.25) is 19.4 Å². The Morgan fingerprint density at radius 1 is 0.417 bits per heavy atom. The molecule has 0 bridgehead atoms. The molecule has 8 atom stereocenters. The van der Waals surface area contributed by atoms with Crippen molar-refractivity contribution < 1.29 is 44.2 Å². The van der Waals surface area contributed by atoms with Gasteiger partial charge < -0.3 is 20.4 Å². The summed E-state index contributed by atoms with van der Waals surface area (Å²) in [5.41, 5.74) is 4.71. The number of hydrogen-bond acceptors (Lipinski definition) is 12. The minimum absolute atomic E-state index is 0.0283. The van der Waals surface area contributed by atoms with Crippen molar-refractivity contribution in [2.24, 2.45) is 29.6 Å². The average molecular weight is 1180 g/mol. The van der Waals surface area contributed by atoms with Crippen LogP contribution in [-0.4, -0.2) is 120 Å². The van der Waals surface area contributed by atoms with Gasteiger partial charge in [-0.15, -0.1) is 0 Å². The normalized spacial score (nSPS) is 26.8. The highest BCUT2D eigenvalue weighted by atomic mass is 19.1. The maximum Gasteiger partial charge on any atom is 0.123 e. The number of rotatable bonds is 29. The standard InChI is InChI=1S/C19H31NO2.C18H28FNO2.C18H29NO2.C16H33NO2/c1-5-18-13-19(10-11-21,12-15(2)3)20(22-18)14-17-8-6-16(4)7-9-17;1-4-17-12-18(9-10-21,11-14(2)3)20(22-17)13-15-5-7-16(19)8-6-15;1-4-17-13-18(10-11-20,12-15(2)3)19(21-17)14-16-8-6-5-7-9-16;1-6-15-12-16(8-10-18,11-14(4)5)17(19-15)9-7-13(2)3/h6-9,15,18,21H,5,10-14H2,1-4H3;5-8,14,17,21H,4,9-13H2,1-3H3;5-9,15,17,20H,4,10-14H2,1-3H3;13-15,18H,6-12H2,1-5H3/t18-,19+;2*17-,18+;15-,16+/m0000/s1. The average Bonchev–Trinajstić information content (AvgIpc) is 3.34. The molecule has 0 saturated carbocycles. The summed E-state index contributed by atoms with van der Waals surface area (Å²) in [7, 11) is 0. The molecular weight excluding hydrogens is 1060 g/mol. The molecule has 4 aliphatic heterocycles. The van der Waals surface area contributed by atoms with Crippen LogP contribution >= 0.6 is 0 Å². The van der Waals surface area contributed by atoms with Crippen LogP contribution in [0.4, 0.5) is 4.39 Å². The summed E-state index contributed by atoms with van der Waals surface area (Å²) in [5, 5.41) is 46.8. The quantitative estimate of drug-likeness (QED) is 0.0528. The van der Waals surface area contributed by atoms with Crippen LogP contribution in [0.1, 0.15) is 228 Å².